The third-order valence-electron chi connectivity index (χ3n) is 2.52. The van der Waals surface area contributed by atoms with Crippen molar-refractivity contribution in [3.05, 3.63) is 17.8 Å². The fraction of sp³-hybridized carbons (Fsp3) is 0.455. The highest BCUT2D eigenvalue weighted by atomic mass is 16.4. The van der Waals surface area contributed by atoms with E-state index in [0.717, 1.165) is 0 Å². The molecule has 1 heterocycles. The Morgan fingerprint density at radius 2 is 2.11 bits per heavy atom. The van der Waals surface area contributed by atoms with Gasteiger partial charge in [-0.15, -0.1) is 10.2 Å². The van der Waals surface area contributed by atoms with E-state index in [1.807, 2.05) is 6.92 Å². The summed E-state index contributed by atoms with van der Waals surface area (Å²) in [7, 11) is 0. The van der Waals surface area contributed by atoms with Gasteiger partial charge >= 0.3 is 5.97 Å². The topological polar surface area (TPSA) is 109 Å². The zero-order valence-electron chi connectivity index (χ0n) is 10.3. The number of rotatable bonds is 6. The van der Waals surface area contributed by atoms with E-state index in [1.54, 1.807) is 17.9 Å². The molecule has 0 aliphatic carbocycles. The number of amides is 1. The van der Waals surface area contributed by atoms with Gasteiger partial charge in [0.25, 0.3) is 5.91 Å². The summed E-state index contributed by atoms with van der Waals surface area (Å²) in [5, 5.41) is 16.4. The first-order valence-corrected chi connectivity index (χ1v) is 5.57. The maximum absolute atomic E-state index is 10.8. The first kappa shape index (κ1) is 13.9. The number of anilines is 1. The quantitative estimate of drug-likeness (QED) is 0.744. The van der Waals surface area contributed by atoms with Crippen LogP contribution in [-0.2, 0) is 4.79 Å². The van der Waals surface area contributed by atoms with E-state index >= 15 is 0 Å². The highest BCUT2D eigenvalue weighted by molar-refractivity contribution is 5.90. The van der Waals surface area contributed by atoms with Gasteiger partial charge < -0.3 is 15.7 Å². The lowest BCUT2D eigenvalue weighted by molar-refractivity contribution is -0.140. The molecule has 1 aromatic rings. The predicted octanol–water partition coefficient (Wildman–Crippen LogP) is 0.122. The minimum atomic E-state index is -0.866. The Morgan fingerprint density at radius 3 is 2.50 bits per heavy atom. The lowest BCUT2D eigenvalue weighted by Gasteiger charge is -2.23. The van der Waals surface area contributed by atoms with Crippen LogP contribution in [0.4, 0.5) is 5.82 Å². The first-order chi connectivity index (χ1) is 8.45. The van der Waals surface area contributed by atoms with Crippen LogP contribution in [0.2, 0.25) is 0 Å². The normalized spacial score (nSPS) is 11.9. The third-order valence-corrected chi connectivity index (χ3v) is 2.52. The van der Waals surface area contributed by atoms with Crippen molar-refractivity contribution in [1.29, 1.82) is 0 Å². The number of carboxylic acids is 1. The minimum absolute atomic E-state index is 0.0843. The number of hydrogen-bond donors (Lipinski definition) is 2. The van der Waals surface area contributed by atoms with Crippen LogP contribution in [0.1, 0.15) is 24.3 Å². The van der Waals surface area contributed by atoms with E-state index < -0.39 is 17.8 Å². The Morgan fingerprint density at radius 1 is 1.44 bits per heavy atom. The molecule has 0 radical (unpaired) electrons. The van der Waals surface area contributed by atoms with E-state index in [-0.39, 0.29) is 5.69 Å². The average molecular weight is 252 g/mol. The summed E-state index contributed by atoms with van der Waals surface area (Å²) in [4.78, 5) is 23.4. The fourth-order valence-corrected chi connectivity index (χ4v) is 1.42. The van der Waals surface area contributed by atoms with Crippen molar-refractivity contribution >= 4 is 17.7 Å². The number of nitrogens with two attached hydrogens (primary N) is 1. The second kappa shape index (κ2) is 5.95. The number of carbonyl (C=O) groups excluding carboxylic acids is 1. The largest absolute Gasteiger partial charge is 0.481 e. The molecule has 7 nitrogen and oxygen atoms in total. The summed E-state index contributed by atoms with van der Waals surface area (Å²) in [5.74, 6) is -1.50. The van der Waals surface area contributed by atoms with E-state index in [1.165, 1.54) is 6.07 Å². The average Bonchev–Trinajstić information content (AvgIpc) is 2.35. The van der Waals surface area contributed by atoms with Crippen LogP contribution in [-0.4, -0.2) is 40.3 Å². The summed E-state index contributed by atoms with van der Waals surface area (Å²) in [6.07, 6.45) is 0. The molecule has 18 heavy (non-hydrogen) atoms. The van der Waals surface area contributed by atoms with Crippen molar-refractivity contribution in [2.75, 3.05) is 18.0 Å². The summed E-state index contributed by atoms with van der Waals surface area (Å²) in [6, 6.07) is 3.07. The van der Waals surface area contributed by atoms with Crippen LogP contribution in [0.15, 0.2) is 12.1 Å². The molecule has 0 spiro atoms. The Balaban J connectivity index is 2.82. The van der Waals surface area contributed by atoms with Crippen molar-refractivity contribution < 1.29 is 14.7 Å². The molecule has 0 aliphatic rings. The molecule has 7 heteroatoms. The Hall–Kier alpha value is -2.18. The van der Waals surface area contributed by atoms with E-state index in [4.69, 9.17) is 10.8 Å². The minimum Gasteiger partial charge on any atom is -0.481 e. The molecule has 1 aromatic heterocycles. The molecule has 1 rings (SSSR count). The monoisotopic (exact) mass is 252 g/mol. The maximum Gasteiger partial charge on any atom is 0.308 e. The predicted molar refractivity (Wildman–Crippen MR) is 65.2 cm³/mol. The van der Waals surface area contributed by atoms with Crippen molar-refractivity contribution in [1.82, 2.24) is 10.2 Å². The highest BCUT2D eigenvalue weighted by Crippen LogP contribution is 2.11. The molecule has 0 aromatic carbocycles. The number of nitrogens with zero attached hydrogens (tertiary/aromatic N) is 3. The van der Waals surface area contributed by atoms with Crippen LogP contribution in [0.3, 0.4) is 0 Å². The molecule has 0 bridgehead atoms. The van der Waals surface area contributed by atoms with E-state index in [2.05, 4.69) is 10.2 Å². The lowest BCUT2D eigenvalue weighted by atomic mass is 10.1. The number of aromatic nitrogens is 2. The van der Waals surface area contributed by atoms with Crippen LogP contribution in [0, 0.1) is 5.92 Å². The standard InChI is InChI=1S/C11H16N4O3/c1-3-15(6-7(2)11(17)18)9-5-4-8(10(12)16)13-14-9/h4-5,7H,3,6H2,1-2H3,(H2,12,16)(H,17,18). The van der Waals surface area contributed by atoms with Crippen molar-refractivity contribution in [2.24, 2.45) is 11.7 Å². The molecule has 0 saturated heterocycles. The van der Waals surface area contributed by atoms with Gasteiger partial charge in [0.1, 0.15) is 0 Å². The Labute approximate surface area is 105 Å². The smallest absolute Gasteiger partial charge is 0.308 e. The molecule has 1 atom stereocenters. The third kappa shape index (κ3) is 3.41. The number of hydrogen-bond acceptors (Lipinski definition) is 5. The van der Waals surface area contributed by atoms with Gasteiger partial charge in [-0.25, -0.2) is 0 Å². The summed E-state index contributed by atoms with van der Waals surface area (Å²) in [5.41, 5.74) is 5.14. The van der Waals surface area contributed by atoms with Gasteiger partial charge in [0, 0.05) is 13.1 Å². The van der Waals surface area contributed by atoms with E-state index in [9.17, 15) is 9.59 Å². The number of carboxylic acid groups (broad SMARTS) is 1. The molecule has 98 valence electrons. The number of aliphatic carboxylic acids is 1. The fourth-order valence-electron chi connectivity index (χ4n) is 1.42. The number of primary amides is 1. The first-order valence-electron chi connectivity index (χ1n) is 5.57. The Kier molecular flexibility index (Phi) is 4.59. The van der Waals surface area contributed by atoms with Crippen molar-refractivity contribution in [3.63, 3.8) is 0 Å². The van der Waals surface area contributed by atoms with Crippen LogP contribution in [0.25, 0.3) is 0 Å². The van der Waals surface area contributed by atoms with Gasteiger partial charge in [0.15, 0.2) is 11.5 Å². The molecular weight excluding hydrogens is 236 g/mol. The molecule has 0 saturated carbocycles. The van der Waals surface area contributed by atoms with Crippen molar-refractivity contribution in [3.8, 4) is 0 Å². The number of carbonyl (C=O) groups is 2. The second-order valence-electron chi connectivity index (χ2n) is 3.92. The highest BCUT2D eigenvalue weighted by Gasteiger charge is 2.16. The van der Waals surface area contributed by atoms with Crippen LogP contribution >= 0.6 is 0 Å². The second-order valence-corrected chi connectivity index (χ2v) is 3.92. The van der Waals surface area contributed by atoms with Gasteiger partial charge in [-0.2, -0.15) is 0 Å². The van der Waals surface area contributed by atoms with Gasteiger partial charge in [0.2, 0.25) is 0 Å². The van der Waals surface area contributed by atoms with Gasteiger partial charge in [0.05, 0.1) is 5.92 Å². The molecular formula is C11H16N4O3. The zero-order valence-corrected chi connectivity index (χ0v) is 10.3. The molecule has 0 fully saturated rings. The van der Waals surface area contributed by atoms with Crippen LogP contribution < -0.4 is 10.6 Å². The molecule has 1 unspecified atom stereocenters. The summed E-state index contributed by atoms with van der Waals surface area (Å²) in [6.45, 7) is 4.44. The van der Waals surface area contributed by atoms with Crippen LogP contribution in [0.5, 0.6) is 0 Å². The Bertz CT molecular complexity index is 432. The molecule has 1 amide bonds. The molecule has 0 aliphatic heterocycles. The summed E-state index contributed by atoms with van der Waals surface area (Å²) < 4.78 is 0. The lowest BCUT2D eigenvalue weighted by Crippen LogP contribution is -2.32. The maximum atomic E-state index is 10.8. The van der Waals surface area contributed by atoms with Gasteiger partial charge in [-0.3, -0.25) is 9.59 Å². The molecule has 3 N–H and O–H groups in total. The van der Waals surface area contributed by atoms with Gasteiger partial charge in [-0.05, 0) is 19.1 Å². The SMILES string of the molecule is CCN(CC(C)C(=O)O)c1ccc(C(N)=O)nn1. The zero-order chi connectivity index (χ0) is 13.7. The van der Waals surface area contributed by atoms with Gasteiger partial charge in [-0.1, -0.05) is 6.92 Å². The van der Waals surface area contributed by atoms with E-state index in [0.29, 0.717) is 18.9 Å². The van der Waals surface area contributed by atoms with Crippen molar-refractivity contribution in [2.45, 2.75) is 13.8 Å². The summed E-state index contributed by atoms with van der Waals surface area (Å²) >= 11 is 0.